The van der Waals surface area contributed by atoms with Gasteiger partial charge in [-0.1, -0.05) is 11.6 Å². The number of ketones is 1. The van der Waals surface area contributed by atoms with Crippen LogP contribution in [-0.2, 0) is 6.54 Å². The molecule has 0 N–H and O–H groups in total. The maximum atomic E-state index is 13.0. The van der Waals surface area contributed by atoms with Gasteiger partial charge >= 0.3 is 5.82 Å². The third kappa shape index (κ3) is 2.67. The molecular formula is C12H9ClFN3O3. The van der Waals surface area contributed by atoms with Crippen molar-refractivity contribution >= 4 is 23.2 Å². The fourth-order valence-electron chi connectivity index (χ4n) is 1.70. The topological polar surface area (TPSA) is 78.0 Å². The molecule has 0 spiro atoms. The summed E-state index contributed by atoms with van der Waals surface area (Å²) < 4.78 is 14.2. The normalized spacial score (nSPS) is 10.6. The van der Waals surface area contributed by atoms with Gasteiger partial charge in [-0.2, -0.15) is 0 Å². The fourth-order valence-corrected chi connectivity index (χ4v) is 1.88. The number of nitro groups is 1. The molecule has 1 aromatic carbocycles. The smallest absolute Gasteiger partial charge is 0.343 e. The molecule has 6 nitrogen and oxygen atoms in total. The monoisotopic (exact) mass is 297 g/mol. The average Bonchev–Trinajstić information content (AvgIpc) is 2.74. The lowest BCUT2D eigenvalue weighted by Crippen LogP contribution is -2.13. The number of nitrogens with zero attached hydrogens (tertiary/aromatic N) is 3. The minimum absolute atomic E-state index is 0.173. The maximum absolute atomic E-state index is 13.0. The van der Waals surface area contributed by atoms with E-state index in [4.69, 9.17) is 11.6 Å². The summed E-state index contributed by atoms with van der Waals surface area (Å²) >= 11 is 5.60. The van der Waals surface area contributed by atoms with E-state index in [1.807, 2.05) is 0 Å². The van der Waals surface area contributed by atoms with Crippen LogP contribution in [0.1, 0.15) is 16.2 Å². The number of aromatic nitrogens is 2. The van der Waals surface area contributed by atoms with E-state index in [0.717, 1.165) is 12.3 Å². The van der Waals surface area contributed by atoms with Gasteiger partial charge in [0, 0.05) is 12.5 Å². The van der Waals surface area contributed by atoms with Crippen LogP contribution in [0, 0.1) is 22.9 Å². The van der Waals surface area contributed by atoms with Crippen molar-refractivity contribution in [3.8, 4) is 0 Å². The Balaban J connectivity index is 2.30. The molecule has 0 amide bonds. The second-order valence-corrected chi connectivity index (χ2v) is 4.47. The van der Waals surface area contributed by atoms with E-state index < -0.39 is 16.5 Å². The van der Waals surface area contributed by atoms with E-state index in [2.05, 4.69) is 4.98 Å². The molecule has 0 aliphatic carbocycles. The van der Waals surface area contributed by atoms with Crippen molar-refractivity contribution in [2.45, 2.75) is 13.5 Å². The summed E-state index contributed by atoms with van der Waals surface area (Å²) in [7, 11) is 0. The summed E-state index contributed by atoms with van der Waals surface area (Å²) in [5, 5.41) is 10.6. The number of carbonyl (C=O) groups excluding carboxylic acids is 1. The standard InChI is InChI=1S/C12H9ClFN3O3/c1-7-15-5-12(17(19)20)16(7)6-11(18)8-2-3-10(14)9(13)4-8/h2-5H,6H2,1H3. The Morgan fingerprint density at radius 3 is 2.85 bits per heavy atom. The van der Waals surface area contributed by atoms with E-state index in [-0.39, 0.29) is 22.9 Å². The van der Waals surface area contributed by atoms with Crippen LogP contribution in [0.15, 0.2) is 24.4 Å². The van der Waals surface area contributed by atoms with Gasteiger partial charge in [-0.15, -0.1) is 0 Å². The lowest BCUT2D eigenvalue weighted by atomic mass is 10.1. The lowest BCUT2D eigenvalue weighted by Gasteiger charge is -2.03. The summed E-state index contributed by atoms with van der Waals surface area (Å²) in [4.78, 5) is 26.0. The van der Waals surface area contributed by atoms with Crippen LogP contribution >= 0.6 is 11.6 Å². The number of carbonyl (C=O) groups is 1. The minimum Gasteiger partial charge on any atom is -0.358 e. The number of hydrogen-bond acceptors (Lipinski definition) is 4. The fraction of sp³-hybridized carbons (Fsp3) is 0.167. The highest BCUT2D eigenvalue weighted by Gasteiger charge is 2.21. The molecular weight excluding hydrogens is 289 g/mol. The third-order valence-corrected chi connectivity index (χ3v) is 3.05. The first-order chi connectivity index (χ1) is 9.40. The highest BCUT2D eigenvalue weighted by Crippen LogP contribution is 2.19. The van der Waals surface area contributed by atoms with Gasteiger partial charge in [0.2, 0.25) is 5.78 Å². The van der Waals surface area contributed by atoms with E-state index in [0.29, 0.717) is 5.82 Å². The van der Waals surface area contributed by atoms with Crippen molar-refractivity contribution in [3.63, 3.8) is 0 Å². The first-order valence-corrected chi connectivity index (χ1v) is 5.92. The highest BCUT2D eigenvalue weighted by molar-refractivity contribution is 6.31. The molecule has 8 heteroatoms. The average molecular weight is 298 g/mol. The van der Waals surface area contributed by atoms with Crippen molar-refractivity contribution in [1.82, 2.24) is 9.55 Å². The zero-order valence-corrected chi connectivity index (χ0v) is 11.1. The number of halogens is 2. The molecule has 0 saturated carbocycles. The van der Waals surface area contributed by atoms with Gasteiger partial charge in [0.25, 0.3) is 0 Å². The van der Waals surface area contributed by atoms with Crippen LogP contribution in [0.3, 0.4) is 0 Å². The van der Waals surface area contributed by atoms with Crippen LogP contribution in [0.25, 0.3) is 0 Å². The predicted molar refractivity (Wildman–Crippen MR) is 69.4 cm³/mol. The quantitative estimate of drug-likeness (QED) is 0.494. The molecule has 1 aromatic heterocycles. The highest BCUT2D eigenvalue weighted by atomic mass is 35.5. The molecule has 20 heavy (non-hydrogen) atoms. The molecule has 2 rings (SSSR count). The second kappa shape index (κ2) is 5.38. The molecule has 0 unspecified atom stereocenters. The van der Waals surface area contributed by atoms with Crippen molar-refractivity contribution in [3.05, 3.63) is 56.7 Å². The molecule has 1 heterocycles. The summed E-state index contributed by atoms with van der Waals surface area (Å²) in [6.07, 6.45) is 1.08. The van der Waals surface area contributed by atoms with Crippen molar-refractivity contribution < 1.29 is 14.1 Å². The molecule has 2 aromatic rings. The second-order valence-electron chi connectivity index (χ2n) is 4.06. The number of imidazole rings is 1. The van der Waals surface area contributed by atoms with Crippen LogP contribution in [0.2, 0.25) is 5.02 Å². The molecule has 0 atom stereocenters. The molecule has 0 radical (unpaired) electrons. The van der Waals surface area contributed by atoms with Gasteiger partial charge in [0.15, 0.2) is 12.4 Å². The summed E-state index contributed by atoms with van der Waals surface area (Å²) in [5.41, 5.74) is 0.179. The SMILES string of the molecule is Cc1ncc([N+](=O)[O-])n1CC(=O)c1ccc(F)c(Cl)c1. The van der Waals surface area contributed by atoms with E-state index in [1.54, 1.807) is 6.92 Å². The van der Waals surface area contributed by atoms with Gasteiger partial charge in [-0.25, -0.2) is 13.9 Å². The van der Waals surface area contributed by atoms with Gasteiger partial charge < -0.3 is 10.1 Å². The van der Waals surface area contributed by atoms with E-state index >= 15 is 0 Å². The Morgan fingerprint density at radius 1 is 1.55 bits per heavy atom. The lowest BCUT2D eigenvalue weighted by molar-refractivity contribution is -0.392. The predicted octanol–water partition coefficient (Wildman–Crippen LogP) is 2.78. The summed E-state index contributed by atoms with van der Waals surface area (Å²) in [6, 6.07) is 3.55. The first kappa shape index (κ1) is 14.1. The van der Waals surface area contributed by atoms with Crippen molar-refractivity contribution in [2.24, 2.45) is 0 Å². The van der Waals surface area contributed by atoms with Crippen molar-refractivity contribution in [2.75, 3.05) is 0 Å². The van der Waals surface area contributed by atoms with E-state index in [1.165, 1.54) is 16.7 Å². The Hall–Kier alpha value is -2.28. The van der Waals surface area contributed by atoms with Crippen LogP contribution in [0.5, 0.6) is 0 Å². The molecule has 104 valence electrons. The molecule has 0 fully saturated rings. The zero-order valence-electron chi connectivity index (χ0n) is 10.3. The van der Waals surface area contributed by atoms with E-state index in [9.17, 15) is 19.3 Å². The summed E-state index contributed by atoms with van der Waals surface area (Å²) in [5.74, 6) is -0.980. The molecule has 0 aliphatic rings. The van der Waals surface area contributed by atoms with Gasteiger partial charge in [0.05, 0.1) is 5.02 Å². The van der Waals surface area contributed by atoms with Crippen LogP contribution in [0.4, 0.5) is 10.2 Å². The number of hydrogen-bond donors (Lipinski definition) is 0. The minimum atomic E-state index is -0.631. The molecule has 0 saturated heterocycles. The molecule has 0 bridgehead atoms. The van der Waals surface area contributed by atoms with Gasteiger partial charge in [-0.05, 0) is 23.1 Å². The number of benzene rings is 1. The Bertz CT molecular complexity index is 699. The van der Waals surface area contributed by atoms with Gasteiger partial charge in [-0.3, -0.25) is 4.79 Å². The Kier molecular flexibility index (Phi) is 3.80. The Labute approximate surface area is 118 Å². The van der Waals surface area contributed by atoms with Crippen LogP contribution in [-0.4, -0.2) is 20.3 Å². The summed E-state index contributed by atoms with van der Waals surface area (Å²) in [6.45, 7) is 1.29. The molecule has 0 aliphatic heterocycles. The number of aryl methyl sites for hydroxylation is 1. The third-order valence-electron chi connectivity index (χ3n) is 2.76. The number of Topliss-reactive ketones (excluding diaryl/α,β-unsaturated/α-hetero) is 1. The van der Waals surface area contributed by atoms with Crippen LogP contribution < -0.4 is 0 Å². The maximum Gasteiger partial charge on any atom is 0.343 e. The zero-order chi connectivity index (χ0) is 14.9. The number of rotatable bonds is 4. The Morgan fingerprint density at radius 2 is 2.25 bits per heavy atom. The first-order valence-electron chi connectivity index (χ1n) is 5.55. The largest absolute Gasteiger partial charge is 0.358 e. The van der Waals surface area contributed by atoms with Crippen molar-refractivity contribution in [1.29, 1.82) is 0 Å². The van der Waals surface area contributed by atoms with Gasteiger partial charge in [0.1, 0.15) is 12.0 Å².